The van der Waals surface area contributed by atoms with Crippen LogP contribution in [0.2, 0.25) is 0 Å². The van der Waals surface area contributed by atoms with Crippen molar-refractivity contribution in [1.82, 2.24) is 5.32 Å². The summed E-state index contributed by atoms with van der Waals surface area (Å²) in [5, 5.41) is 7.96. The van der Waals surface area contributed by atoms with Crippen LogP contribution in [0.4, 0.5) is 0 Å². The maximum Gasteiger partial charge on any atom is 0.00643 e. The van der Waals surface area contributed by atoms with E-state index < -0.39 is 0 Å². The smallest absolute Gasteiger partial charge is 0.00643 e. The molecule has 0 aliphatic rings. The van der Waals surface area contributed by atoms with Gasteiger partial charge in [-0.1, -0.05) is 20.3 Å². The van der Waals surface area contributed by atoms with E-state index in [0.717, 1.165) is 12.6 Å². The topological polar surface area (TPSA) is 12.0 Å². The number of hydrogen-bond donors (Lipinski definition) is 1. The molecule has 0 spiro atoms. The van der Waals surface area contributed by atoms with Gasteiger partial charge >= 0.3 is 0 Å². The van der Waals surface area contributed by atoms with E-state index in [1.165, 1.54) is 37.7 Å². The minimum Gasteiger partial charge on any atom is -0.314 e. The highest BCUT2D eigenvalue weighted by atomic mass is 32.1. The van der Waals surface area contributed by atoms with Crippen molar-refractivity contribution in [1.29, 1.82) is 0 Å². The Morgan fingerprint density at radius 1 is 1.33 bits per heavy atom. The predicted molar refractivity (Wildman–Crippen MR) is 69.6 cm³/mol. The minimum absolute atomic E-state index is 0.734. The fourth-order valence-corrected chi connectivity index (χ4v) is 2.60. The van der Waals surface area contributed by atoms with Crippen molar-refractivity contribution < 1.29 is 0 Å². The first kappa shape index (κ1) is 12.7. The summed E-state index contributed by atoms with van der Waals surface area (Å²) in [6, 6.07) is 2.98. The molecule has 1 rings (SSSR count). The SMILES string of the molecule is CCNC(CC)CCCCc1ccsc1. The van der Waals surface area contributed by atoms with E-state index in [2.05, 4.69) is 36.0 Å². The molecule has 1 aromatic heterocycles. The average Bonchev–Trinajstić information content (AvgIpc) is 2.75. The minimum atomic E-state index is 0.734. The Bertz CT molecular complexity index is 231. The lowest BCUT2D eigenvalue weighted by molar-refractivity contribution is 0.460. The highest BCUT2D eigenvalue weighted by molar-refractivity contribution is 7.07. The van der Waals surface area contributed by atoms with Crippen LogP contribution in [-0.4, -0.2) is 12.6 Å². The Labute approximate surface area is 97.9 Å². The molecule has 0 aromatic carbocycles. The molecular formula is C13H23NS. The van der Waals surface area contributed by atoms with Gasteiger partial charge in [-0.3, -0.25) is 0 Å². The molecule has 1 N–H and O–H groups in total. The molecule has 1 unspecified atom stereocenters. The summed E-state index contributed by atoms with van der Waals surface area (Å²) in [7, 11) is 0. The van der Waals surface area contributed by atoms with Gasteiger partial charge in [-0.2, -0.15) is 11.3 Å². The van der Waals surface area contributed by atoms with Crippen molar-refractivity contribution in [3.05, 3.63) is 22.4 Å². The van der Waals surface area contributed by atoms with Crippen LogP contribution in [0.5, 0.6) is 0 Å². The quantitative estimate of drug-likeness (QED) is 0.663. The molecule has 86 valence electrons. The van der Waals surface area contributed by atoms with E-state index in [4.69, 9.17) is 0 Å². The first-order chi connectivity index (χ1) is 7.36. The third-order valence-electron chi connectivity index (χ3n) is 2.83. The van der Waals surface area contributed by atoms with Crippen LogP contribution >= 0.6 is 11.3 Å². The summed E-state index contributed by atoms with van der Waals surface area (Å²) in [5.74, 6) is 0. The van der Waals surface area contributed by atoms with Gasteiger partial charge in [0.15, 0.2) is 0 Å². The summed E-state index contributed by atoms with van der Waals surface area (Å²) in [6.45, 7) is 5.56. The predicted octanol–water partition coefficient (Wildman–Crippen LogP) is 3.85. The van der Waals surface area contributed by atoms with Gasteiger partial charge in [-0.15, -0.1) is 0 Å². The van der Waals surface area contributed by atoms with Gasteiger partial charge in [0.2, 0.25) is 0 Å². The molecule has 1 atom stereocenters. The van der Waals surface area contributed by atoms with Gasteiger partial charge in [0.1, 0.15) is 0 Å². The molecule has 15 heavy (non-hydrogen) atoms. The summed E-state index contributed by atoms with van der Waals surface area (Å²) in [5.41, 5.74) is 1.51. The summed E-state index contributed by atoms with van der Waals surface area (Å²) in [6.07, 6.45) is 6.52. The first-order valence-corrected chi connectivity index (χ1v) is 7.05. The van der Waals surface area contributed by atoms with Gasteiger partial charge in [0, 0.05) is 6.04 Å². The van der Waals surface area contributed by atoms with Crippen molar-refractivity contribution in [3.8, 4) is 0 Å². The van der Waals surface area contributed by atoms with Crippen molar-refractivity contribution in [2.45, 2.75) is 52.0 Å². The lowest BCUT2D eigenvalue weighted by Gasteiger charge is -2.15. The normalized spacial score (nSPS) is 12.9. The lowest BCUT2D eigenvalue weighted by atomic mass is 10.0. The third-order valence-corrected chi connectivity index (χ3v) is 3.57. The number of aryl methyl sites for hydroxylation is 1. The van der Waals surface area contributed by atoms with Gasteiger partial charge in [0.05, 0.1) is 0 Å². The monoisotopic (exact) mass is 225 g/mol. The number of hydrogen-bond acceptors (Lipinski definition) is 2. The molecule has 0 aliphatic heterocycles. The number of nitrogens with one attached hydrogen (secondary N) is 1. The second-order valence-corrected chi connectivity index (χ2v) is 4.82. The fourth-order valence-electron chi connectivity index (χ4n) is 1.89. The number of rotatable bonds is 8. The molecule has 0 saturated carbocycles. The van der Waals surface area contributed by atoms with Crippen LogP contribution < -0.4 is 5.32 Å². The Morgan fingerprint density at radius 3 is 2.80 bits per heavy atom. The molecule has 0 saturated heterocycles. The lowest BCUT2D eigenvalue weighted by Crippen LogP contribution is -2.27. The zero-order valence-corrected chi connectivity index (χ0v) is 10.8. The number of thiophene rings is 1. The summed E-state index contributed by atoms with van der Waals surface area (Å²) in [4.78, 5) is 0. The summed E-state index contributed by atoms with van der Waals surface area (Å²) < 4.78 is 0. The van der Waals surface area contributed by atoms with E-state index in [9.17, 15) is 0 Å². The van der Waals surface area contributed by atoms with Crippen LogP contribution in [-0.2, 0) is 6.42 Å². The highest BCUT2D eigenvalue weighted by Gasteiger charge is 2.03. The molecule has 1 nitrogen and oxygen atoms in total. The molecule has 0 amide bonds. The maximum absolute atomic E-state index is 3.53. The summed E-state index contributed by atoms with van der Waals surface area (Å²) >= 11 is 1.80. The van der Waals surface area contributed by atoms with E-state index in [1.54, 1.807) is 11.3 Å². The Hall–Kier alpha value is -0.340. The van der Waals surface area contributed by atoms with E-state index in [1.807, 2.05) is 0 Å². The molecule has 1 aromatic rings. The Kier molecular flexibility index (Phi) is 6.69. The average molecular weight is 225 g/mol. The van der Waals surface area contributed by atoms with Gasteiger partial charge < -0.3 is 5.32 Å². The number of unbranched alkanes of at least 4 members (excludes halogenated alkanes) is 1. The maximum atomic E-state index is 3.53. The zero-order chi connectivity index (χ0) is 10.9. The first-order valence-electron chi connectivity index (χ1n) is 6.11. The van der Waals surface area contributed by atoms with Crippen molar-refractivity contribution in [2.24, 2.45) is 0 Å². The third kappa shape index (κ3) is 5.33. The molecule has 0 radical (unpaired) electrons. The van der Waals surface area contributed by atoms with Crippen LogP contribution in [0.25, 0.3) is 0 Å². The standard InChI is InChI=1S/C13H23NS/c1-3-13(14-4-2)8-6-5-7-12-9-10-15-11-12/h9-11,13-14H,3-8H2,1-2H3. The Morgan fingerprint density at radius 2 is 2.20 bits per heavy atom. The van der Waals surface area contributed by atoms with Crippen molar-refractivity contribution in [3.63, 3.8) is 0 Å². The largest absolute Gasteiger partial charge is 0.314 e. The highest BCUT2D eigenvalue weighted by Crippen LogP contribution is 2.12. The molecule has 0 bridgehead atoms. The van der Waals surface area contributed by atoms with Crippen molar-refractivity contribution >= 4 is 11.3 Å². The van der Waals surface area contributed by atoms with Crippen LogP contribution in [0.3, 0.4) is 0 Å². The van der Waals surface area contributed by atoms with E-state index in [0.29, 0.717) is 0 Å². The Balaban J connectivity index is 2.05. The van der Waals surface area contributed by atoms with Crippen LogP contribution in [0.1, 0.15) is 45.1 Å². The van der Waals surface area contributed by atoms with E-state index >= 15 is 0 Å². The van der Waals surface area contributed by atoms with Gasteiger partial charge in [0.25, 0.3) is 0 Å². The molecule has 0 fully saturated rings. The van der Waals surface area contributed by atoms with Crippen molar-refractivity contribution in [2.75, 3.05) is 6.54 Å². The molecule has 1 heterocycles. The van der Waals surface area contributed by atoms with Crippen LogP contribution in [0.15, 0.2) is 16.8 Å². The second-order valence-electron chi connectivity index (χ2n) is 4.04. The zero-order valence-electron chi connectivity index (χ0n) is 9.96. The molecule has 0 aliphatic carbocycles. The molecule has 2 heteroatoms. The van der Waals surface area contributed by atoms with Gasteiger partial charge in [-0.05, 0) is 54.6 Å². The molecular weight excluding hydrogens is 202 g/mol. The van der Waals surface area contributed by atoms with Crippen LogP contribution in [0, 0.1) is 0 Å². The fraction of sp³-hybridized carbons (Fsp3) is 0.692. The van der Waals surface area contributed by atoms with E-state index in [-0.39, 0.29) is 0 Å². The second kappa shape index (κ2) is 7.89. The van der Waals surface area contributed by atoms with Gasteiger partial charge in [-0.25, -0.2) is 0 Å².